The number of imide groups is 1. The Labute approximate surface area is 233 Å². The van der Waals surface area contributed by atoms with E-state index < -0.39 is 33.6 Å². The number of fused-ring (bicyclic) bond motifs is 1. The summed E-state index contributed by atoms with van der Waals surface area (Å²) in [5, 5.41) is 0.424. The lowest BCUT2D eigenvalue weighted by atomic mass is 9.91. The predicted molar refractivity (Wildman–Crippen MR) is 153 cm³/mol. The molecular weight excluding hydrogens is 532 g/mol. The second-order valence-corrected chi connectivity index (χ2v) is 11.9. The van der Waals surface area contributed by atoms with Crippen LogP contribution in [0.4, 0.5) is 5.69 Å². The normalized spacial score (nSPS) is 14.9. The third-order valence-electron chi connectivity index (χ3n) is 6.89. The van der Waals surface area contributed by atoms with Crippen LogP contribution in [0.2, 0.25) is 5.02 Å². The minimum atomic E-state index is -4.04. The van der Waals surface area contributed by atoms with Crippen LogP contribution in [0, 0.1) is 6.92 Å². The molecule has 8 heteroatoms. The quantitative estimate of drug-likeness (QED) is 0.277. The number of para-hydroxylation sites is 1. The van der Waals surface area contributed by atoms with Gasteiger partial charge in [0.2, 0.25) is 0 Å². The number of carbonyl (C=O) groups is 2. The molecule has 1 aliphatic rings. The van der Waals surface area contributed by atoms with Crippen LogP contribution in [-0.2, 0) is 21.1 Å². The largest absolute Gasteiger partial charge is 0.356 e. The summed E-state index contributed by atoms with van der Waals surface area (Å²) in [5.41, 5.74) is 3.62. The van der Waals surface area contributed by atoms with Crippen molar-refractivity contribution < 1.29 is 18.0 Å². The summed E-state index contributed by atoms with van der Waals surface area (Å²) in [5.74, 6) is -2.11. The van der Waals surface area contributed by atoms with E-state index in [4.69, 9.17) is 11.6 Å². The van der Waals surface area contributed by atoms with Crippen LogP contribution < -0.4 is 4.90 Å². The number of benzene rings is 4. The Bertz CT molecular complexity index is 1600. The van der Waals surface area contributed by atoms with Crippen molar-refractivity contribution in [2.45, 2.75) is 24.3 Å². The van der Waals surface area contributed by atoms with E-state index in [2.05, 4.69) is 0 Å². The molecule has 0 aliphatic carbocycles. The molecule has 2 amide bonds. The van der Waals surface area contributed by atoms with Gasteiger partial charge in [-0.05, 0) is 73.0 Å². The molecule has 1 heterocycles. The Hall–Kier alpha value is -3.94. The molecule has 4 aromatic carbocycles. The molecular formula is C31H27ClN2O4S. The molecule has 0 saturated carbocycles. The third-order valence-corrected chi connectivity index (χ3v) is 8.73. The maximum atomic E-state index is 14.5. The average Bonchev–Trinajstić information content (AvgIpc) is 2.95. The van der Waals surface area contributed by atoms with Crippen LogP contribution in [0.3, 0.4) is 0 Å². The summed E-state index contributed by atoms with van der Waals surface area (Å²) in [6, 6.07) is 28.6. The summed E-state index contributed by atoms with van der Waals surface area (Å²) >= 11 is 6.03. The molecule has 1 atom stereocenters. The Morgan fingerprint density at radius 1 is 0.872 bits per heavy atom. The van der Waals surface area contributed by atoms with Crippen LogP contribution in [0.5, 0.6) is 0 Å². The lowest BCUT2D eigenvalue weighted by Crippen LogP contribution is -2.50. The van der Waals surface area contributed by atoms with Crippen molar-refractivity contribution in [2.24, 2.45) is 0 Å². The lowest BCUT2D eigenvalue weighted by Gasteiger charge is -2.40. The van der Waals surface area contributed by atoms with Gasteiger partial charge in [-0.1, -0.05) is 71.8 Å². The minimum absolute atomic E-state index is 0.0405. The van der Waals surface area contributed by atoms with Gasteiger partial charge in [-0.2, -0.15) is 0 Å². The Morgan fingerprint density at radius 3 is 2.21 bits per heavy atom. The van der Waals surface area contributed by atoms with E-state index in [-0.39, 0.29) is 10.5 Å². The fraction of sp³-hybridized carbons (Fsp3) is 0.161. The molecule has 0 spiro atoms. The first-order valence-electron chi connectivity index (χ1n) is 12.5. The first kappa shape index (κ1) is 26.7. The van der Waals surface area contributed by atoms with Gasteiger partial charge < -0.3 is 4.90 Å². The van der Waals surface area contributed by atoms with Gasteiger partial charge in [-0.3, -0.25) is 14.5 Å². The van der Waals surface area contributed by atoms with Crippen molar-refractivity contribution in [3.05, 3.63) is 130 Å². The van der Waals surface area contributed by atoms with Crippen molar-refractivity contribution >= 4 is 38.9 Å². The number of hydrogen-bond acceptors (Lipinski definition) is 5. The molecule has 0 saturated heterocycles. The van der Waals surface area contributed by atoms with E-state index in [1.165, 1.54) is 36.4 Å². The Morgan fingerprint density at radius 2 is 1.51 bits per heavy atom. The molecule has 0 aromatic heterocycles. The summed E-state index contributed by atoms with van der Waals surface area (Å²) in [6.07, 6.45) is 0.710. The van der Waals surface area contributed by atoms with Crippen LogP contribution in [-0.4, -0.2) is 37.6 Å². The van der Waals surface area contributed by atoms with Crippen molar-refractivity contribution in [1.82, 2.24) is 4.90 Å². The minimum Gasteiger partial charge on any atom is -0.356 e. The molecule has 1 aliphatic heterocycles. The van der Waals surface area contributed by atoms with Crippen molar-refractivity contribution in [2.75, 3.05) is 17.3 Å². The smallest absolute Gasteiger partial charge is 0.261 e. The van der Waals surface area contributed by atoms with E-state index in [1.54, 1.807) is 12.1 Å². The lowest BCUT2D eigenvalue weighted by molar-refractivity contribution is -0.129. The average molecular weight is 559 g/mol. The van der Waals surface area contributed by atoms with E-state index in [1.807, 2.05) is 66.4 Å². The second kappa shape index (κ2) is 11.0. The zero-order valence-corrected chi connectivity index (χ0v) is 22.9. The molecule has 5 rings (SSSR count). The van der Waals surface area contributed by atoms with E-state index in [0.717, 1.165) is 27.3 Å². The highest BCUT2D eigenvalue weighted by Crippen LogP contribution is 2.35. The number of halogens is 1. The van der Waals surface area contributed by atoms with Crippen LogP contribution in [0.25, 0.3) is 0 Å². The molecule has 0 N–H and O–H groups in total. The molecule has 0 bridgehead atoms. The number of anilines is 1. The fourth-order valence-corrected chi connectivity index (χ4v) is 6.25. The van der Waals surface area contributed by atoms with Gasteiger partial charge in [0.25, 0.3) is 11.8 Å². The van der Waals surface area contributed by atoms with E-state index in [9.17, 15) is 18.0 Å². The number of nitrogens with zero attached hydrogens (tertiary/aromatic N) is 2. The maximum Gasteiger partial charge on any atom is 0.261 e. The van der Waals surface area contributed by atoms with Crippen molar-refractivity contribution in [3.63, 3.8) is 0 Å². The van der Waals surface area contributed by atoms with Crippen LogP contribution >= 0.6 is 11.6 Å². The number of hydrogen-bond donors (Lipinski definition) is 0. The molecule has 39 heavy (non-hydrogen) atoms. The first-order chi connectivity index (χ1) is 18.7. The summed E-state index contributed by atoms with van der Waals surface area (Å²) in [4.78, 5) is 31.1. The predicted octanol–water partition coefficient (Wildman–Crippen LogP) is 5.85. The number of rotatable bonds is 6. The van der Waals surface area contributed by atoms with Gasteiger partial charge in [-0.25, -0.2) is 8.42 Å². The molecule has 4 aromatic rings. The van der Waals surface area contributed by atoms with Gasteiger partial charge in [0.05, 0.1) is 4.90 Å². The summed E-state index contributed by atoms with van der Waals surface area (Å²) in [7, 11) is -4.04. The first-order valence-corrected chi connectivity index (χ1v) is 14.6. The standard InChI is InChI=1S/C31H27ClN2O4S/c1-22-11-17-27(18-12-22)39(37,38)21-34(30(35)24-13-15-25(32)16-14-24)31(36)29-28-10-6-5-7-23(28)19-20-33(29)26-8-3-2-4-9-26/h2-18,29H,19-21H2,1H3. The zero-order chi connectivity index (χ0) is 27.6. The summed E-state index contributed by atoms with van der Waals surface area (Å²) in [6.45, 7) is 2.39. The number of carbonyl (C=O) groups excluding carboxylic acids is 2. The Kier molecular flexibility index (Phi) is 7.55. The molecule has 0 fully saturated rings. The van der Waals surface area contributed by atoms with E-state index >= 15 is 0 Å². The second-order valence-electron chi connectivity index (χ2n) is 9.52. The number of aryl methyl sites for hydroxylation is 1. The highest BCUT2D eigenvalue weighted by atomic mass is 35.5. The highest BCUT2D eigenvalue weighted by Gasteiger charge is 2.40. The van der Waals surface area contributed by atoms with Crippen molar-refractivity contribution in [3.8, 4) is 0 Å². The SMILES string of the molecule is Cc1ccc(S(=O)(=O)CN(C(=O)c2ccc(Cl)cc2)C(=O)C2c3ccccc3CCN2c2ccccc2)cc1. The molecule has 0 radical (unpaired) electrons. The Balaban J connectivity index is 1.61. The maximum absolute atomic E-state index is 14.5. The molecule has 1 unspecified atom stereocenters. The van der Waals surface area contributed by atoms with Crippen LogP contribution in [0.15, 0.2) is 108 Å². The van der Waals surface area contributed by atoms with E-state index in [0.29, 0.717) is 18.0 Å². The van der Waals surface area contributed by atoms with Crippen LogP contribution in [0.1, 0.15) is 33.1 Å². The fourth-order valence-electron chi connectivity index (χ4n) is 4.84. The number of amides is 2. The van der Waals surface area contributed by atoms with Crippen molar-refractivity contribution in [1.29, 1.82) is 0 Å². The monoisotopic (exact) mass is 558 g/mol. The van der Waals surface area contributed by atoms with Gasteiger partial charge in [0.15, 0.2) is 9.84 Å². The number of sulfone groups is 1. The van der Waals surface area contributed by atoms with Gasteiger partial charge in [0, 0.05) is 22.8 Å². The summed E-state index contributed by atoms with van der Waals surface area (Å²) < 4.78 is 27.1. The van der Waals surface area contributed by atoms with Gasteiger partial charge in [-0.15, -0.1) is 0 Å². The molecule has 198 valence electrons. The highest BCUT2D eigenvalue weighted by molar-refractivity contribution is 7.91. The van der Waals surface area contributed by atoms with Gasteiger partial charge >= 0.3 is 0 Å². The topological polar surface area (TPSA) is 74.8 Å². The zero-order valence-electron chi connectivity index (χ0n) is 21.3. The van der Waals surface area contributed by atoms with Gasteiger partial charge in [0.1, 0.15) is 11.9 Å². The third kappa shape index (κ3) is 5.60. The molecule has 6 nitrogen and oxygen atoms in total.